The summed E-state index contributed by atoms with van der Waals surface area (Å²) in [5, 5.41) is 12.0. The highest BCUT2D eigenvalue weighted by Crippen LogP contribution is 2.34. The van der Waals surface area contributed by atoms with E-state index < -0.39 is 0 Å². The molecule has 0 aliphatic carbocycles. The van der Waals surface area contributed by atoms with Crippen LogP contribution in [0.3, 0.4) is 0 Å². The first kappa shape index (κ1) is 20.0. The van der Waals surface area contributed by atoms with Gasteiger partial charge in [0.15, 0.2) is 5.82 Å². The van der Waals surface area contributed by atoms with Crippen molar-refractivity contribution < 1.29 is 9.53 Å². The van der Waals surface area contributed by atoms with Gasteiger partial charge in [-0.1, -0.05) is 18.2 Å². The molecule has 1 saturated heterocycles. The molecule has 30 heavy (non-hydrogen) atoms. The van der Waals surface area contributed by atoms with Gasteiger partial charge in [-0.2, -0.15) is 4.68 Å². The van der Waals surface area contributed by atoms with E-state index in [2.05, 4.69) is 15.5 Å². The third kappa shape index (κ3) is 4.04. The van der Waals surface area contributed by atoms with Crippen LogP contribution >= 0.6 is 0 Å². The first-order valence-electron chi connectivity index (χ1n) is 10.0. The number of ether oxygens (including phenoxy) is 1. The van der Waals surface area contributed by atoms with Crippen LogP contribution < -0.4 is 4.74 Å². The van der Waals surface area contributed by atoms with E-state index >= 15 is 0 Å². The summed E-state index contributed by atoms with van der Waals surface area (Å²) < 4.78 is 6.94. The molecule has 8 heteroatoms. The van der Waals surface area contributed by atoms with Crippen LogP contribution in [0.2, 0.25) is 0 Å². The standard InChI is InChI=1S/C22H26N6O2/c1-26(2)15-21-23-24-25-28(21)18-7-4-6-17(14-18)22(29)27-13-5-8-20(27)16-9-11-19(30-3)12-10-16/h4,6-7,9-12,14,20H,5,8,13,15H2,1-3H3/t20-/m0/s1. The van der Waals surface area contributed by atoms with Crippen LogP contribution in [0.4, 0.5) is 0 Å². The van der Waals surface area contributed by atoms with Gasteiger partial charge in [0.1, 0.15) is 5.75 Å². The average Bonchev–Trinajstić information content (AvgIpc) is 3.43. The summed E-state index contributed by atoms with van der Waals surface area (Å²) in [5.41, 5.74) is 2.55. The second-order valence-corrected chi connectivity index (χ2v) is 7.72. The van der Waals surface area contributed by atoms with Gasteiger partial charge >= 0.3 is 0 Å². The first-order chi connectivity index (χ1) is 14.6. The van der Waals surface area contributed by atoms with E-state index in [0.29, 0.717) is 12.1 Å². The van der Waals surface area contributed by atoms with Gasteiger partial charge in [-0.15, -0.1) is 5.10 Å². The van der Waals surface area contributed by atoms with E-state index in [-0.39, 0.29) is 11.9 Å². The number of likely N-dealkylation sites (tertiary alicyclic amines) is 1. The quantitative estimate of drug-likeness (QED) is 0.627. The van der Waals surface area contributed by atoms with Gasteiger partial charge in [0.05, 0.1) is 25.4 Å². The van der Waals surface area contributed by atoms with Crippen molar-refractivity contribution in [2.45, 2.75) is 25.4 Å². The van der Waals surface area contributed by atoms with Crippen LogP contribution in [0.25, 0.3) is 5.69 Å². The van der Waals surface area contributed by atoms with Gasteiger partial charge in [-0.3, -0.25) is 4.79 Å². The van der Waals surface area contributed by atoms with Crippen LogP contribution in [0.15, 0.2) is 48.5 Å². The predicted molar refractivity (Wildman–Crippen MR) is 113 cm³/mol. The highest BCUT2D eigenvalue weighted by atomic mass is 16.5. The Morgan fingerprint density at radius 3 is 2.73 bits per heavy atom. The molecule has 0 radical (unpaired) electrons. The highest BCUT2D eigenvalue weighted by molar-refractivity contribution is 5.95. The molecule has 0 unspecified atom stereocenters. The minimum atomic E-state index is 0.0254. The Labute approximate surface area is 176 Å². The molecule has 1 amide bonds. The van der Waals surface area contributed by atoms with Gasteiger partial charge in [0.25, 0.3) is 5.91 Å². The van der Waals surface area contributed by atoms with Crippen LogP contribution in [0.5, 0.6) is 5.75 Å². The lowest BCUT2D eigenvalue weighted by Crippen LogP contribution is -2.30. The number of rotatable bonds is 6. The van der Waals surface area contributed by atoms with Crippen molar-refractivity contribution in [1.82, 2.24) is 30.0 Å². The summed E-state index contributed by atoms with van der Waals surface area (Å²) in [6.45, 7) is 1.35. The number of hydrogen-bond acceptors (Lipinski definition) is 6. The van der Waals surface area contributed by atoms with E-state index in [1.165, 1.54) is 0 Å². The smallest absolute Gasteiger partial charge is 0.254 e. The molecule has 3 aromatic rings. The molecule has 1 aromatic heterocycles. The molecular weight excluding hydrogens is 380 g/mol. The molecule has 2 aromatic carbocycles. The molecule has 0 bridgehead atoms. The number of carbonyl (C=O) groups is 1. The number of hydrogen-bond donors (Lipinski definition) is 0. The maximum absolute atomic E-state index is 13.4. The molecule has 0 spiro atoms. The zero-order valence-electron chi connectivity index (χ0n) is 17.5. The molecule has 4 rings (SSSR count). The van der Waals surface area contributed by atoms with Gasteiger partial charge in [-0.25, -0.2) is 0 Å². The van der Waals surface area contributed by atoms with E-state index in [9.17, 15) is 4.79 Å². The highest BCUT2D eigenvalue weighted by Gasteiger charge is 2.30. The fraction of sp³-hybridized carbons (Fsp3) is 0.364. The van der Waals surface area contributed by atoms with E-state index in [4.69, 9.17) is 4.74 Å². The third-order valence-corrected chi connectivity index (χ3v) is 5.34. The molecule has 1 aliphatic rings. The van der Waals surface area contributed by atoms with Crippen LogP contribution in [0.1, 0.15) is 40.6 Å². The van der Waals surface area contributed by atoms with Crippen molar-refractivity contribution in [1.29, 1.82) is 0 Å². The molecule has 1 aliphatic heterocycles. The Kier molecular flexibility index (Phi) is 5.76. The van der Waals surface area contributed by atoms with Crippen molar-refractivity contribution in [2.75, 3.05) is 27.7 Å². The zero-order chi connectivity index (χ0) is 21.1. The second kappa shape index (κ2) is 8.62. The lowest BCUT2D eigenvalue weighted by Gasteiger charge is -2.25. The number of aromatic nitrogens is 4. The maximum Gasteiger partial charge on any atom is 0.254 e. The number of carbonyl (C=O) groups excluding carboxylic acids is 1. The van der Waals surface area contributed by atoms with Crippen molar-refractivity contribution in [3.05, 3.63) is 65.5 Å². The fourth-order valence-corrected chi connectivity index (χ4v) is 3.91. The molecule has 2 heterocycles. The predicted octanol–water partition coefficient (Wildman–Crippen LogP) is 2.71. The number of methoxy groups -OCH3 is 1. The van der Waals surface area contributed by atoms with Gasteiger partial charge in [0.2, 0.25) is 0 Å². The van der Waals surface area contributed by atoms with Crippen molar-refractivity contribution >= 4 is 5.91 Å². The van der Waals surface area contributed by atoms with Crippen LogP contribution in [0, 0.1) is 0 Å². The Balaban J connectivity index is 1.59. The largest absolute Gasteiger partial charge is 0.497 e. The Bertz CT molecular complexity index is 1010. The Hall–Kier alpha value is -3.26. The molecule has 0 N–H and O–H groups in total. The van der Waals surface area contributed by atoms with Gasteiger partial charge in [0, 0.05) is 12.1 Å². The topological polar surface area (TPSA) is 76.4 Å². The summed E-state index contributed by atoms with van der Waals surface area (Å²) in [7, 11) is 5.58. The summed E-state index contributed by atoms with van der Waals surface area (Å²) in [6, 6.07) is 15.6. The SMILES string of the molecule is COc1ccc([C@@H]2CCCN2C(=O)c2cccc(-n3nnnc3CN(C)C)c2)cc1. The number of benzene rings is 2. The maximum atomic E-state index is 13.4. The zero-order valence-corrected chi connectivity index (χ0v) is 17.5. The molecule has 156 valence electrons. The lowest BCUT2D eigenvalue weighted by atomic mass is 10.0. The number of tetrazole rings is 1. The number of nitrogens with zero attached hydrogens (tertiary/aromatic N) is 6. The van der Waals surface area contributed by atoms with Crippen molar-refractivity contribution in [3.8, 4) is 11.4 Å². The second-order valence-electron chi connectivity index (χ2n) is 7.72. The Morgan fingerprint density at radius 1 is 1.20 bits per heavy atom. The van der Waals surface area contributed by atoms with E-state index in [1.54, 1.807) is 11.8 Å². The van der Waals surface area contributed by atoms with E-state index in [0.717, 1.165) is 42.2 Å². The van der Waals surface area contributed by atoms with Crippen molar-refractivity contribution in [2.24, 2.45) is 0 Å². The van der Waals surface area contributed by atoms with E-state index in [1.807, 2.05) is 72.4 Å². The van der Waals surface area contributed by atoms with Crippen molar-refractivity contribution in [3.63, 3.8) is 0 Å². The first-order valence-corrected chi connectivity index (χ1v) is 10.0. The van der Waals surface area contributed by atoms with Crippen LogP contribution in [-0.2, 0) is 6.54 Å². The molecule has 0 saturated carbocycles. The van der Waals surface area contributed by atoms with Gasteiger partial charge < -0.3 is 14.5 Å². The molecule has 1 atom stereocenters. The Morgan fingerprint density at radius 2 is 2.00 bits per heavy atom. The van der Waals surface area contributed by atoms with Gasteiger partial charge in [-0.05, 0) is 73.3 Å². The lowest BCUT2D eigenvalue weighted by molar-refractivity contribution is 0.0735. The minimum absolute atomic E-state index is 0.0254. The monoisotopic (exact) mass is 406 g/mol. The summed E-state index contributed by atoms with van der Waals surface area (Å²) >= 11 is 0. The average molecular weight is 406 g/mol. The third-order valence-electron chi connectivity index (χ3n) is 5.34. The summed E-state index contributed by atoms with van der Waals surface area (Å²) in [4.78, 5) is 17.3. The minimum Gasteiger partial charge on any atom is -0.497 e. The van der Waals surface area contributed by atoms with Crippen LogP contribution in [-0.4, -0.2) is 63.7 Å². The summed E-state index contributed by atoms with van der Waals surface area (Å²) in [6.07, 6.45) is 1.94. The summed E-state index contributed by atoms with van der Waals surface area (Å²) in [5.74, 6) is 1.57. The molecular formula is C22H26N6O2. The fourth-order valence-electron chi connectivity index (χ4n) is 3.91. The molecule has 1 fully saturated rings. The normalized spacial score (nSPS) is 16.3. The number of amides is 1. The molecule has 8 nitrogen and oxygen atoms in total.